The minimum Gasteiger partial charge on any atom is -0.494 e. The summed E-state index contributed by atoms with van der Waals surface area (Å²) in [7, 11) is 0. The van der Waals surface area contributed by atoms with Crippen LogP contribution in [-0.4, -0.2) is 19.4 Å². The van der Waals surface area contributed by atoms with Crippen molar-refractivity contribution >= 4 is 22.5 Å². The summed E-state index contributed by atoms with van der Waals surface area (Å²) in [5.41, 5.74) is 3.70. The van der Waals surface area contributed by atoms with E-state index in [1.165, 1.54) is 16.4 Å². The molecule has 0 aliphatic heterocycles. The van der Waals surface area contributed by atoms with E-state index in [9.17, 15) is 0 Å². The van der Waals surface area contributed by atoms with Gasteiger partial charge in [-0.05, 0) is 37.6 Å². The molecule has 0 aliphatic rings. The number of hydrogen-bond donors (Lipinski definition) is 0. The van der Waals surface area contributed by atoms with E-state index in [2.05, 4.69) is 103 Å². The molecule has 170 valence electrons. The SMILES string of the molecule is CCOc1ccc(OCCCC#C[B-](c2ccccc2)(c2ccccc2)c2ccccc2)cc1. The Bertz CT molecular complexity index is 1100. The molecule has 0 atom stereocenters. The van der Waals surface area contributed by atoms with Crippen molar-refractivity contribution < 1.29 is 9.47 Å². The molecule has 0 spiro atoms. The van der Waals surface area contributed by atoms with Crippen molar-refractivity contribution in [1.29, 1.82) is 0 Å². The minimum atomic E-state index is -1.41. The van der Waals surface area contributed by atoms with Gasteiger partial charge in [0.05, 0.1) is 13.2 Å². The maximum Gasteiger partial charge on any atom is 0.149 e. The van der Waals surface area contributed by atoms with Gasteiger partial charge in [0, 0.05) is 6.42 Å². The van der Waals surface area contributed by atoms with Crippen LogP contribution in [-0.2, 0) is 0 Å². The van der Waals surface area contributed by atoms with Crippen LogP contribution in [0.2, 0.25) is 0 Å². The van der Waals surface area contributed by atoms with Gasteiger partial charge in [-0.25, -0.2) is 0 Å². The lowest BCUT2D eigenvalue weighted by molar-refractivity contribution is 0.310. The molecule has 0 heterocycles. The monoisotopic (exact) mass is 445 g/mol. The van der Waals surface area contributed by atoms with Gasteiger partial charge < -0.3 is 9.47 Å². The molecule has 0 fully saturated rings. The molecule has 0 N–H and O–H groups in total. The van der Waals surface area contributed by atoms with Gasteiger partial charge in [0.15, 0.2) is 0 Å². The lowest BCUT2D eigenvalue weighted by Crippen LogP contribution is -2.66. The van der Waals surface area contributed by atoms with Crippen molar-refractivity contribution in [2.24, 2.45) is 0 Å². The molecule has 0 radical (unpaired) electrons. The number of unbranched alkanes of at least 4 members (excludes halogenated alkanes) is 1. The summed E-state index contributed by atoms with van der Waals surface area (Å²) in [5, 5.41) is 0. The van der Waals surface area contributed by atoms with Gasteiger partial charge in [-0.1, -0.05) is 91.0 Å². The molecular weight excluding hydrogens is 415 g/mol. The van der Waals surface area contributed by atoms with Gasteiger partial charge in [0.2, 0.25) is 0 Å². The maximum atomic E-state index is 5.91. The quantitative estimate of drug-likeness (QED) is 0.206. The highest BCUT2D eigenvalue weighted by atomic mass is 16.5. The molecule has 0 bridgehead atoms. The van der Waals surface area contributed by atoms with Crippen molar-refractivity contribution in [1.82, 2.24) is 0 Å². The third kappa shape index (κ3) is 5.53. The second-order valence-corrected chi connectivity index (χ2v) is 8.28. The molecule has 3 heteroatoms. The molecule has 4 aromatic rings. The average molecular weight is 445 g/mol. The van der Waals surface area contributed by atoms with E-state index in [4.69, 9.17) is 9.47 Å². The minimum absolute atomic E-state index is 0.630. The van der Waals surface area contributed by atoms with Crippen molar-refractivity contribution in [3.8, 4) is 23.2 Å². The summed E-state index contributed by atoms with van der Waals surface area (Å²) in [6.07, 6.45) is 0.231. The highest BCUT2D eigenvalue weighted by Crippen LogP contribution is 2.17. The summed E-state index contributed by atoms with van der Waals surface area (Å²) >= 11 is 0. The Kier molecular flexibility index (Phi) is 8.09. The van der Waals surface area contributed by atoms with Crippen molar-refractivity contribution in [2.45, 2.75) is 19.8 Å². The van der Waals surface area contributed by atoms with E-state index in [-0.39, 0.29) is 0 Å². The summed E-state index contributed by atoms with van der Waals surface area (Å²) in [4.78, 5) is 0. The highest BCUT2D eigenvalue weighted by Gasteiger charge is 2.27. The number of rotatable bonds is 9. The fourth-order valence-electron chi connectivity index (χ4n) is 4.43. The van der Waals surface area contributed by atoms with Crippen LogP contribution >= 0.6 is 0 Å². The first kappa shape index (κ1) is 23.3. The molecule has 0 saturated carbocycles. The number of ether oxygens (including phenoxy) is 2. The van der Waals surface area contributed by atoms with Gasteiger partial charge in [0.25, 0.3) is 0 Å². The summed E-state index contributed by atoms with van der Waals surface area (Å²) in [6, 6.07) is 39.8. The lowest BCUT2D eigenvalue weighted by atomic mass is 9.16. The third-order valence-electron chi connectivity index (χ3n) is 6.07. The first-order valence-corrected chi connectivity index (χ1v) is 12.0. The zero-order valence-electron chi connectivity index (χ0n) is 19.7. The predicted octanol–water partition coefficient (Wildman–Crippen LogP) is 4.96. The lowest BCUT2D eigenvalue weighted by Gasteiger charge is -2.38. The molecule has 0 aromatic heterocycles. The summed E-state index contributed by atoms with van der Waals surface area (Å²) in [6.45, 7) is 3.27. The molecule has 4 aromatic carbocycles. The molecule has 4 rings (SSSR count). The zero-order chi connectivity index (χ0) is 23.5. The Morgan fingerprint density at radius 2 is 1.03 bits per heavy atom. The maximum absolute atomic E-state index is 5.91. The Hall–Kier alpha value is -3.90. The van der Waals surface area contributed by atoms with Gasteiger partial charge in [-0.15, -0.1) is 5.92 Å². The van der Waals surface area contributed by atoms with Crippen LogP contribution < -0.4 is 25.9 Å². The van der Waals surface area contributed by atoms with Crippen molar-refractivity contribution in [3.63, 3.8) is 0 Å². The molecule has 0 saturated heterocycles. The van der Waals surface area contributed by atoms with E-state index in [0.717, 1.165) is 24.3 Å². The summed E-state index contributed by atoms with van der Waals surface area (Å²) < 4.78 is 11.4. The van der Waals surface area contributed by atoms with E-state index in [1.807, 2.05) is 31.2 Å². The van der Waals surface area contributed by atoms with E-state index in [0.29, 0.717) is 13.2 Å². The van der Waals surface area contributed by atoms with Crippen molar-refractivity contribution in [3.05, 3.63) is 115 Å². The number of hydrogen-bond acceptors (Lipinski definition) is 2. The fraction of sp³-hybridized carbons (Fsp3) is 0.161. The van der Waals surface area contributed by atoms with Crippen LogP contribution in [0.25, 0.3) is 0 Å². The first-order valence-electron chi connectivity index (χ1n) is 12.0. The standard InChI is InChI=1S/C31H30BO2/c1-2-33-30-21-23-31(24-22-30)34-26-14-6-13-25-32(27-15-7-3-8-16-27,28-17-9-4-10-18-28)29-19-11-5-12-20-29/h3-5,7-12,15-24H,2,6,14,26H2,1H3/q-1. The Labute approximate surface area is 203 Å². The first-order chi connectivity index (χ1) is 16.8. The molecule has 34 heavy (non-hydrogen) atoms. The molecule has 0 unspecified atom stereocenters. The van der Waals surface area contributed by atoms with Gasteiger partial charge in [-0.2, -0.15) is 16.4 Å². The second-order valence-electron chi connectivity index (χ2n) is 8.28. The normalized spacial score (nSPS) is 10.7. The smallest absolute Gasteiger partial charge is 0.149 e. The largest absolute Gasteiger partial charge is 0.494 e. The van der Waals surface area contributed by atoms with E-state index in [1.54, 1.807) is 0 Å². The molecule has 0 amide bonds. The number of benzene rings is 4. The zero-order valence-corrected chi connectivity index (χ0v) is 19.7. The Balaban J connectivity index is 1.54. The predicted molar refractivity (Wildman–Crippen MR) is 144 cm³/mol. The van der Waals surface area contributed by atoms with E-state index >= 15 is 0 Å². The van der Waals surface area contributed by atoms with Crippen LogP contribution in [0.15, 0.2) is 115 Å². The topological polar surface area (TPSA) is 18.5 Å². The summed E-state index contributed by atoms with van der Waals surface area (Å²) in [5.74, 6) is 8.97. The van der Waals surface area contributed by atoms with Crippen LogP contribution in [0.3, 0.4) is 0 Å². The van der Waals surface area contributed by atoms with Crippen LogP contribution in [0.1, 0.15) is 19.8 Å². The fourth-order valence-corrected chi connectivity index (χ4v) is 4.43. The Morgan fingerprint density at radius 3 is 1.47 bits per heavy atom. The van der Waals surface area contributed by atoms with Crippen molar-refractivity contribution in [2.75, 3.05) is 13.2 Å². The Morgan fingerprint density at radius 1 is 0.588 bits per heavy atom. The third-order valence-corrected chi connectivity index (χ3v) is 6.07. The van der Waals surface area contributed by atoms with Gasteiger partial charge in [0.1, 0.15) is 17.6 Å². The van der Waals surface area contributed by atoms with Crippen LogP contribution in [0.4, 0.5) is 0 Å². The van der Waals surface area contributed by atoms with Gasteiger partial charge in [-0.3, -0.25) is 5.82 Å². The van der Waals surface area contributed by atoms with E-state index < -0.39 is 6.15 Å². The molecule has 0 aliphatic carbocycles. The van der Waals surface area contributed by atoms with Crippen LogP contribution in [0.5, 0.6) is 11.5 Å². The second kappa shape index (κ2) is 11.8. The average Bonchev–Trinajstić information content (AvgIpc) is 2.91. The molecular formula is C31H30BO2-. The van der Waals surface area contributed by atoms with Crippen LogP contribution in [0, 0.1) is 11.7 Å². The molecule has 2 nitrogen and oxygen atoms in total. The van der Waals surface area contributed by atoms with Gasteiger partial charge >= 0.3 is 0 Å². The highest BCUT2D eigenvalue weighted by molar-refractivity contribution is 7.16.